The van der Waals surface area contributed by atoms with Gasteiger partial charge in [-0.05, 0) is 25.8 Å². The highest BCUT2D eigenvalue weighted by atomic mass is 16.5. The van der Waals surface area contributed by atoms with Crippen LogP contribution in [0.2, 0.25) is 0 Å². The maximum atomic E-state index is 6.04. The molecule has 20 heavy (non-hydrogen) atoms. The van der Waals surface area contributed by atoms with Crippen molar-refractivity contribution >= 4 is 0 Å². The summed E-state index contributed by atoms with van der Waals surface area (Å²) in [4.78, 5) is 2.43. The van der Waals surface area contributed by atoms with Crippen LogP contribution in [0.15, 0.2) is 0 Å². The van der Waals surface area contributed by atoms with Crippen molar-refractivity contribution in [2.75, 3.05) is 40.5 Å². The van der Waals surface area contributed by atoms with Crippen molar-refractivity contribution in [3.05, 3.63) is 11.3 Å². The lowest BCUT2D eigenvalue weighted by molar-refractivity contribution is 0.147. The molecule has 2 N–H and O–H groups in total. The molecule has 0 spiro atoms. The van der Waals surface area contributed by atoms with Crippen LogP contribution in [0, 0.1) is 12.8 Å². The number of hydrogen-bond acceptors (Lipinski definition) is 5. The largest absolute Gasteiger partial charge is 0.481 e. The number of rotatable bonds is 6. The molecular weight excluding hydrogens is 256 g/mol. The highest BCUT2D eigenvalue weighted by molar-refractivity contribution is 5.34. The predicted molar refractivity (Wildman–Crippen MR) is 77.8 cm³/mol. The molecule has 2 atom stereocenters. The minimum absolute atomic E-state index is 0.167. The van der Waals surface area contributed by atoms with Crippen molar-refractivity contribution in [1.29, 1.82) is 0 Å². The van der Waals surface area contributed by atoms with Crippen LogP contribution in [0.5, 0.6) is 5.88 Å². The van der Waals surface area contributed by atoms with Crippen molar-refractivity contribution in [3.8, 4) is 5.88 Å². The van der Waals surface area contributed by atoms with Crippen LogP contribution in [0.1, 0.15) is 23.7 Å². The van der Waals surface area contributed by atoms with E-state index < -0.39 is 0 Å². The zero-order valence-electron chi connectivity index (χ0n) is 12.9. The number of aromatic nitrogens is 2. The summed E-state index contributed by atoms with van der Waals surface area (Å²) in [7, 11) is 5.35. The van der Waals surface area contributed by atoms with Crippen molar-refractivity contribution in [2.24, 2.45) is 18.7 Å². The van der Waals surface area contributed by atoms with E-state index in [0.29, 0.717) is 12.5 Å². The smallest absolute Gasteiger partial charge is 0.216 e. The Morgan fingerprint density at radius 1 is 1.45 bits per heavy atom. The molecule has 1 fully saturated rings. The summed E-state index contributed by atoms with van der Waals surface area (Å²) in [5, 5.41) is 4.46. The Morgan fingerprint density at radius 2 is 2.20 bits per heavy atom. The second-order valence-corrected chi connectivity index (χ2v) is 5.49. The second kappa shape index (κ2) is 6.56. The van der Waals surface area contributed by atoms with Crippen molar-refractivity contribution in [1.82, 2.24) is 14.7 Å². The summed E-state index contributed by atoms with van der Waals surface area (Å²) in [5.41, 5.74) is 8.16. The van der Waals surface area contributed by atoms with Crippen LogP contribution >= 0.6 is 0 Å². The van der Waals surface area contributed by atoms with E-state index in [1.54, 1.807) is 18.9 Å². The molecule has 2 heterocycles. The van der Waals surface area contributed by atoms with Gasteiger partial charge in [0, 0.05) is 27.2 Å². The Kier molecular flexibility index (Phi) is 5.01. The van der Waals surface area contributed by atoms with Gasteiger partial charge in [0.05, 0.1) is 31.0 Å². The zero-order chi connectivity index (χ0) is 14.7. The Balaban J connectivity index is 2.21. The van der Waals surface area contributed by atoms with Gasteiger partial charge in [-0.25, -0.2) is 4.68 Å². The van der Waals surface area contributed by atoms with Gasteiger partial charge in [0.1, 0.15) is 0 Å². The van der Waals surface area contributed by atoms with Crippen molar-refractivity contribution in [2.45, 2.75) is 19.4 Å². The molecular formula is C14H26N4O2. The number of ether oxygens (including phenoxy) is 2. The number of methoxy groups -OCH3 is 2. The highest BCUT2D eigenvalue weighted by Gasteiger charge is 2.32. The van der Waals surface area contributed by atoms with E-state index in [0.717, 1.165) is 43.3 Å². The summed E-state index contributed by atoms with van der Waals surface area (Å²) in [6, 6.07) is 0.167. The molecule has 6 heteroatoms. The summed E-state index contributed by atoms with van der Waals surface area (Å²) in [6.45, 7) is 5.48. The normalized spacial score (nSPS) is 21.4. The fourth-order valence-electron chi connectivity index (χ4n) is 3.25. The van der Waals surface area contributed by atoms with E-state index >= 15 is 0 Å². The molecule has 1 saturated heterocycles. The molecule has 0 aliphatic carbocycles. The summed E-state index contributed by atoms with van der Waals surface area (Å²) in [5.74, 6) is 1.41. The van der Waals surface area contributed by atoms with E-state index in [-0.39, 0.29) is 6.04 Å². The van der Waals surface area contributed by atoms with E-state index in [1.165, 1.54) is 0 Å². The van der Waals surface area contributed by atoms with Gasteiger partial charge >= 0.3 is 0 Å². The molecule has 0 amide bonds. The van der Waals surface area contributed by atoms with Crippen LogP contribution in [-0.4, -0.2) is 55.1 Å². The first-order chi connectivity index (χ1) is 9.62. The molecule has 1 aliphatic rings. The van der Waals surface area contributed by atoms with Crippen LogP contribution < -0.4 is 10.5 Å². The molecule has 114 valence electrons. The number of aryl methyl sites for hydroxylation is 2. The number of nitrogens with zero attached hydrogens (tertiary/aromatic N) is 3. The van der Waals surface area contributed by atoms with Crippen LogP contribution in [0.3, 0.4) is 0 Å². The topological polar surface area (TPSA) is 65.5 Å². The molecule has 0 aromatic carbocycles. The third kappa shape index (κ3) is 2.82. The van der Waals surface area contributed by atoms with Gasteiger partial charge in [-0.2, -0.15) is 5.10 Å². The fourth-order valence-corrected chi connectivity index (χ4v) is 3.25. The standard InChI is InChI=1S/C14H26N4O2/c1-10-13(14(20-4)17(2)16-10)12(7-15)18-6-5-11(8-18)9-19-3/h11-12H,5-9,15H2,1-4H3. The first kappa shape index (κ1) is 15.3. The van der Waals surface area contributed by atoms with E-state index in [1.807, 2.05) is 14.0 Å². The Labute approximate surface area is 120 Å². The van der Waals surface area contributed by atoms with Crippen LogP contribution in [0.25, 0.3) is 0 Å². The molecule has 2 rings (SSSR count). The average Bonchev–Trinajstić information content (AvgIpc) is 2.97. The number of likely N-dealkylation sites (tertiary alicyclic amines) is 1. The summed E-state index contributed by atoms with van der Waals surface area (Å²) >= 11 is 0. The molecule has 1 aromatic rings. The van der Waals surface area contributed by atoms with Gasteiger partial charge in [-0.3, -0.25) is 4.90 Å². The molecule has 0 bridgehead atoms. The lowest BCUT2D eigenvalue weighted by Gasteiger charge is -2.27. The molecule has 1 aliphatic heterocycles. The second-order valence-electron chi connectivity index (χ2n) is 5.49. The third-order valence-corrected chi connectivity index (χ3v) is 4.12. The lowest BCUT2D eigenvalue weighted by Crippen LogP contribution is -2.33. The molecule has 0 radical (unpaired) electrons. The summed E-state index contributed by atoms with van der Waals surface area (Å²) < 4.78 is 12.6. The monoisotopic (exact) mass is 282 g/mol. The quantitative estimate of drug-likeness (QED) is 0.832. The minimum Gasteiger partial charge on any atom is -0.481 e. The van der Waals surface area contributed by atoms with Crippen molar-refractivity contribution < 1.29 is 9.47 Å². The molecule has 6 nitrogen and oxygen atoms in total. The van der Waals surface area contributed by atoms with Gasteiger partial charge in [0.25, 0.3) is 0 Å². The van der Waals surface area contributed by atoms with Gasteiger partial charge in [-0.15, -0.1) is 0 Å². The first-order valence-corrected chi connectivity index (χ1v) is 7.12. The van der Waals surface area contributed by atoms with Crippen molar-refractivity contribution in [3.63, 3.8) is 0 Å². The number of hydrogen-bond donors (Lipinski definition) is 1. The molecule has 1 aromatic heterocycles. The summed E-state index contributed by atoms with van der Waals surface area (Å²) in [6.07, 6.45) is 1.16. The highest BCUT2D eigenvalue weighted by Crippen LogP contribution is 2.34. The Morgan fingerprint density at radius 3 is 2.80 bits per heavy atom. The van der Waals surface area contributed by atoms with Gasteiger partial charge in [0.2, 0.25) is 5.88 Å². The van der Waals surface area contributed by atoms with Crippen LogP contribution in [-0.2, 0) is 11.8 Å². The molecule has 0 saturated carbocycles. The third-order valence-electron chi connectivity index (χ3n) is 4.12. The Bertz CT molecular complexity index is 447. The van der Waals surface area contributed by atoms with E-state index in [9.17, 15) is 0 Å². The maximum Gasteiger partial charge on any atom is 0.216 e. The number of nitrogens with two attached hydrogens (primary N) is 1. The zero-order valence-corrected chi connectivity index (χ0v) is 12.9. The van der Waals surface area contributed by atoms with E-state index in [4.69, 9.17) is 15.2 Å². The fraction of sp³-hybridized carbons (Fsp3) is 0.786. The van der Waals surface area contributed by atoms with Gasteiger partial charge in [0.15, 0.2) is 0 Å². The maximum absolute atomic E-state index is 6.04. The van der Waals surface area contributed by atoms with E-state index in [2.05, 4.69) is 10.00 Å². The first-order valence-electron chi connectivity index (χ1n) is 7.12. The SMILES string of the molecule is COCC1CCN(C(CN)c2c(C)nn(C)c2OC)C1. The Hall–Kier alpha value is -1.11. The van der Waals surface area contributed by atoms with Gasteiger partial charge in [-0.1, -0.05) is 0 Å². The minimum atomic E-state index is 0.167. The predicted octanol–water partition coefficient (Wildman–Crippen LogP) is 0.705. The molecule has 2 unspecified atom stereocenters. The average molecular weight is 282 g/mol. The van der Waals surface area contributed by atoms with Gasteiger partial charge < -0.3 is 15.2 Å². The van der Waals surface area contributed by atoms with Crippen LogP contribution in [0.4, 0.5) is 0 Å². The lowest BCUT2D eigenvalue weighted by atomic mass is 10.1.